The van der Waals surface area contributed by atoms with Gasteiger partial charge in [0.2, 0.25) is 0 Å². The average molecular weight is 238 g/mol. The predicted octanol–water partition coefficient (Wildman–Crippen LogP) is 1.68. The fourth-order valence-electron chi connectivity index (χ4n) is 3.05. The van der Waals surface area contributed by atoms with E-state index >= 15 is 0 Å². The lowest BCUT2D eigenvalue weighted by molar-refractivity contribution is -0.125. The first-order valence-electron chi connectivity index (χ1n) is 7.25. The lowest BCUT2D eigenvalue weighted by atomic mass is 9.91. The fourth-order valence-corrected chi connectivity index (χ4v) is 3.05. The molecule has 1 N–H and O–H groups in total. The Labute approximate surface area is 105 Å². The highest BCUT2D eigenvalue weighted by atomic mass is 16.1. The number of nitrogens with one attached hydrogen (secondary N) is 1. The summed E-state index contributed by atoms with van der Waals surface area (Å²) in [7, 11) is 0. The molecule has 0 aromatic carbocycles. The zero-order valence-corrected chi connectivity index (χ0v) is 11.1. The highest BCUT2D eigenvalue weighted by Gasteiger charge is 2.24. The van der Waals surface area contributed by atoms with Crippen LogP contribution in [0.5, 0.6) is 0 Å². The number of ketones is 1. The number of piperidine rings is 2. The van der Waals surface area contributed by atoms with Crippen molar-refractivity contribution < 1.29 is 4.79 Å². The van der Waals surface area contributed by atoms with Gasteiger partial charge >= 0.3 is 0 Å². The molecule has 0 saturated carbocycles. The van der Waals surface area contributed by atoms with Crippen LogP contribution >= 0.6 is 0 Å². The summed E-state index contributed by atoms with van der Waals surface area (Å²) in [5.41, 5.74) is 0. The number of carbonyl (C=O) groups is 1. The molecule has 0 amide bonds. The Hall–Kier alpha value is -0.410. The van der Waals surface area contributed by atoms with E-state index in [2.05, 4.69) is 17.1 Å². The van der Waals surface area contributed by atoms with Crippen LogP contribution in [0.25, 0.3) is 0 Å². The van der Waals surface area contributed by atoms with Crippen molar-refractivity contribution in [3.05, 3.63) is 0 Å². The van der Waals surface area contributed by atoms with Crippen LogP contribution in [-0.4, -0.2) is 43.4 Å². The minimum Gasteiger partial charge on any atom is -0.317 e. The van der Waals surface area contributed by atoms with E-state index in [1.54, 1.807) is 0 Å². The van der Waals surface area contributed by atoms with E-state index in [0.29, 0.717) is 18.2 Å². The molecule has 98 valence electrons. The standard InChI is InChI=1S/C14H26N2O/c1-2-12-5-9-16(10-6-12)11-14(17)13-3-7-15-8-4-13/h12-13,15H,2-11H2,1H3. The van der Waals surface area contributed by atoms with Gasteiger partial charge in [-0.25, -0.2) is 0 Å². The Morgan fingerprint density at radius 2 is 1.82 bits per heavy atom. The van der Waals surface area contributed by atoms with Gasteiger partial charge in [0.15, 0.2) is 0 Å². The molecule has 2 heterocycles. The van der Waals surface area contributed by atoms with Crippen molar-refractivity contribution in [2.24, 2.45) is 11.8 Å². The minimum atomic E-state index is 0.333. The summed E-state index contributed by atoms with van der Waals surface area (Å²) in [6, 6.07) is 0. The van der Waals surface area contributed by atoms with E-state index in [9.17, 15) is 4.79 Å². The van der Waals surface area contributed by atoms with Crippen LogP contribution in [-0.2, 0) is 4.79 Å². The van der Waals surface area contributed by atoms with Crippen molar-refractivity contribution >= 4 is 5.78 Å². The normalized spacial score (nSPS) is 25.0. The lowest BCUT2D eigenvalue weighted by Crippen LogP contribution is -2.41. The Morgan fingerprint density at radius 1 is 1.18 bits per heavy atom. The first kappa shape index (κ1) is 13.0. The quantitative estimate of drug-likeness (QED) is 0.809. The van der Waals surface area contributed by atoms with E-state index in [4.69, 9.17) is 0 Å². The molecule has 2 aliphatic rings. The first-order valence-corrected chi connectivity index (χ1v) is 7.25. The monoisotopic (exact) mass is 238 g/mol. The van der Waals surface area contributed by atoms with Crippen molar-refractivity contribution in [2.75, 3.05) is 32.7 Å². The Morgan fingerprint density at radius 3 is 2.41 bits per heavy atom. The maximum absolute atomic E-state index is 12.1. The molecule has 2 saturated heterocycles. The van der Waals surface area contributed by atoms with Crippen LogP contribution < -0.4 is 5.32 Å². The van der Waals surface area contributed by atoms with Crippen LogP contribution in [0.3, 0.4) is 0 Å². The van der Waals surface area contributed by atoms with Crippen LogP contribution in [0.15, 0.2) is 0 Å². The molecule has 0 unspecified atom stereocenters. The average Bonchev–Trinajstić information content (AvgIpc) is 2.40. The minimum absolute atomic E-state index is 0.333. The Balaban J connectivity index is 1.71. The van der Waals surface area contributed by atoms with E-state index in [1.807, 2.05) is 0 Å². The second kappa shape index (κ2) is 6.50. The van der Waals surface area contributed by atoms with Crippen molar-refractivity contribution in [3.8, 4) is 0 Å². The SMILES string of the molecule is CCC1CCN(CC(=O)C2CCNCC2)CC1. The molecule has 3 nitrogen and oxygen atoms in total. The molecular weight excluding hydrogens is 212 g/mol. The Bertz CT molecular complexity index is 241. The molecule has 0 aliphatic carbocycles. The van der Waals surface area contributed by atoms with Gasteiger partial charge in [-0.1, -0.05) is 13.3 Å². The third-order valence-electron chi connectivity index (χ3n) is 4.46. The lowest BCUT2D eigenvalue weighted by Gasteiger charge is -2.32. The van der Waals surface area contributed by atoms with Crippen molar-refractivity contribution in [2.45, 2.75) is 39.0 Å². The predicted molar refractivity (Wildman–Crippen MR) is 70.1 cm³/mol. The number of Topliss-reactive ketones (excluding diaryl/α,β-unsaturated/α-hetero) is 1. The van der Waals surface area contributed by atoms with Crippen LogP contribution in [0.1, 0.15) is 39.0 Å². The maximum Gasteiger partial charge on any atom is 0.149 e. The van der Waals surface area contributed by atoms with Gasteiger partial charge in [0, 0.05) is 5.92 Å². The van der Waals surface area contributed by atoms with Crippen molar-refractivity contribution in [1.29, 1.82) is 0 Å². The third-order valence-corrected chi connectivity index (χ3v) is 4.46. The fraction of sp³-hybridized carbons (Fsp3) is 0.929. The zero-order valence-electron chi connectivity index (χ0n) is 11.1. The second-order valence-corrected chi connectivity index (χ2v) is 5.62. The molecule has 2 rings (SSSR count). The summed E-state index contributed by atoms with van der Waals surface area (Å²) in [6.07, 6.45) is 5.97. The van der Waals surface area contributed by atoms with E-state index in [1.165, 1.54) is 19.3 Å². The topological polar surface area (TPSA) is 32.3 Å². The molecule has 0 radical (unpaired) electrons. The van der Waals surface area contributed by atoms with Gasteiger partial charge in [-0.05, 0) is 57.8 Å². The van der Waals surface area contributed by atoms with Crippen LogP contribution in [0, 0.1) is 11.8 Å². The van der Waals surface area contributed by atoms with E-state index in [0.717, 1.165) is 44.9 Å². The number of carbonyl (C=O) groups excluding carboxylic acids is 1. The molecule has 2 aliphatic heterocycles. The molecule has 0 bridgehead atoms. The van der Waals surface area contributed by atoms with Gasteiger partial charge in [0.25, 0.3) is 0 Å². The highest BCUT2D eigenvalue weighted by Crippen LogP contribution is 2.21. The molecule has 2 fully saturated rings. The molecule has 0 spiro atoms. The van der Waals surface area contributed by atoms with Gasteiger partial charge < -0.3 is 5.32 Å². The number of hydrogen-bond acceptors (Lipinski definition) is 3. The molecule has 3 heteroatoms. The number of nitrogens with zero attached hydrogens (tertiary/aromatic N) is 1. The third kappa shape index (κ3) is 3.78. The second-order valence-electron chi connectivity index (χ2n) is 5.62. The van der Waals surface area contributed by atoms with Crippen LogP contribution in [0.4, 0.5) is 0 Å². The number of hydrogen-bond donors (Lipinski definition) is 1. The summed E-state index contributed by atoms with van der Waals surface area (Å²) < 4.78 is 0. The number of rotatable bonds is 4. The zero-order chi connectivity index (χ0) is 12.1. The van der Waals surface area contributed by atoms with Crippen molar-refractivity contribution in [1.82, 2.24) is 10.2 Å². The van der Waals surface area contributed by atoms with Gasteiger partial charge in [-0.2, -0.15) is 0 Å². The highest BCUT2D eigenvalue weighted by molar-refractivity contribution is 5.83. The summed E-state index contributed by atoms with van der Waals surface area (Å²) >= 11 is 0. The van der Waals surface area contributed by atoms with Gasteiger partial charge in [-0.3, -0.25) is 9.69 Å². The molecule has 17 heavy (non-hydrogen) atoms. The Kier molecular flexibility index (Phi) is 4.99. The van der Waals surface area contributed by atoms with Gasteiger partial charge in [0.05, 0.1) is 6.54 Å². The van der Waals surface area contributed by atoms with E-state index in [-0.39, 0.29) is 0 Å². The molecule has 0 aromatic rings. The largest absolute Gasteiger partial charge is 0.317 e. The van der Waals surface area contributed by atoms with Gasteiger partial charge in [-0.15, -0.1) is 0 Å². The summed E-state index contributed by atoms with van der Waals surface area (Å²) in [5, 5.41) is 3.32. The van der Waals surface area contributed by atoms with Crippen LogP contribution in [0.2, 0.25) is 0 Å². The van der Waals surface area contributed by atoms with Gasteiger partial charge in [0.1, 0.15) is 5.78 Å². The molecule has 0 atom stereocenters. The molecular formula is C14H26N2O. The van der Waals surface area contributed by atoms with Crippen molar-refractivity contribution in [3.63, 3.8) is 0 Å². The smallest absolute Gasteiger partial charge is 0.149 e. The first-order chi connectivity index (χ1) is 8.29. The maximum atomic E-state index is 12.1. The van der Waals surface area contributed by atoms with E-state index < -0.39 is 0 Å². The summed E-state index contributed by atoms with van der Waals surface area (Å²) in [5.74, 6) is 1.72. The summed E-state index contributed by atoms with van der Waals surface area (Å²) in [4.78, 5) is 14.5. The number of likely N-dealkylation sites (tertiary alicyclic amines) is 1. The summed E-state index contributed by atoms with van der Waals surface area (Å²) in [6.45, 7) is 7.30. The molecule has 0 aromatic heterocycles.